The fraction of sp³-hybridized carbons (Fsp3) is 0.778. The van der Waals surface area contributed by atoms with Crippen LogP contribution in [0.2, 0.25) is 0 Å². The van der Waals surface area contributed by atoms with Gasteiger partial charge in [0.15, 0.2) is 0 Å². The molecule has 2 unspecified atom stereocenters. The third-order valence-electron chi connectivity index (χ3n) is 5.49. The van der Waals surface area contributed by atoms with E-state index in [1.54, 1.807) is 0 Å². The molecule has 1 aliphatic rings. The maximum Gasteiger partial charge on any atom is 0.343 e. The number of aliphatic carboxylic acids is 2. The highest BCUT2D eigenvalue weighted by Crippen LogP contribution is 2.55. The van der Waals surface area contributed by atoms with Gasteiger partial charge in [0.1, 0.15) is 5.57 Å². The van der Waals surface area contributed by atoms with Gasteiger partial charge < -0.3 is 10.2 Å². The molecule has 0 aliphatic heterocycles. The number of allylic oxidation sites excluding steroid dienone is 1. The highest BCUT2D eigenvalue weighted by Gasteiger charge is 2.47. The second-order valence-electron chi connectivity index (χ2n) is 6.74. The van der Waals surface area contributed by atoms with Crippen LogP contribution < -0.4 is 0 Å². The summed E-state index contributed by atoms with van der Waals surface area (Å²) in [7, 11) is 0. The van der Waals surface area contributed by atoms with Crippen LogP contribution in [0, 0.1) is 17.3 Å². The number of hydrogen-bond donors (Lipinski definition) is 2. The topological polar surface area (TPSA) is 74.6 Å². The molecule has 0 spiro atoms. The largest absolute Gasteiger partial charge is 0.477 e. The zero-order valence-corrected chi connectivity index (χ0v) is 14.3. The zero-order valence-electron chi connectivity index (χ0n) is 14.3. The molecule has 22 heavy (non-hydrogen) atoms. The number of carboxylic acids is 2. The summed E-state index contributed by atoms with van der Waals surface area (Å²) in [5.41, 5.74) is 0.0159. The van der Waals surface area contributed by atoms with E-state index in [0.717, 1.165) is 38.5 Å². The van der Waals surface area contributed by atoms with E-state index in [-0.39, 0.29) is 11.0 Å². The highest BCUT2D eigenvalue weighted by molar-refractivity contribution is 6.13. The molecule has 1 fully saturated rings. The first kappa shape index (κ1) is 18.7. The molecule has 4 heteroatoms. The maximum absolute atomic E-state index is 11.6. The third kappa shape index (κ3) is 3.36. The van der Waals surface area contributed by atoms with Crippen molar-refractivity contribution in [2.24, 2.45) is 17.3 Å². The van der Waals surface area contributed by atoms with Gasteiger partial charge in [0.05, 0.1) is 0 Å². The van der Waals surface area contributed by atoms with Gasteiger partial charge in [-0.1, -0.05) is 47.0 Å². The Labute approximate surface area is 133 Å². The Hall–Kier alpha value is -1.32. The maximum atomic E-state index is 11.6. The van der Waals surface area contributed by atoms with Crippen molar-refractivity contribution in [2.75, 3.05) is 0 Å². The SMILES string of the molecule is CCCC(=C(C(=O)O)C(=O)O)C1(CCC)C(C)CCCC1C. The minimum absolute atomic E-state index is 0.283. The fourth-order valence-corrected chi connectivity index (χ4v) is 4.57. The van der Waals surface area contributed by atoms with Crippen LogP contribution in [0.4, 0.5) is 0 Å². The van der Waals surface area contributed by atoms with Gasteiger partial charge >= 0.3 is 11.9 Å². The standard InChI is InChI=1S/C18H30O4/c1-5-8-14(15(16(19)20)17(21)22)18(11-6-2)12(3)9-7-10-13(18)4/h12-13H,5-11H2,1-4H3,(H,19,20)(H,21,22). The Balaban J connectivity index is 3.61. The number of hydrogen-bond acceptors (Lipinski definition) is 2. The lowest BCUT2D eigenvalue weighted by molar-refractivity contribution is -0.140. The molecule has 0 heterocycles. The van der Waals surface area contributed by atoms with Crippen molar-refractivity contribution >= 4 is 11.9 Å². The molecule has 4 nitrogen and oxygen atoms in total. The molecule has 0 amide bonds. The van der Waals surface area contributed by atoms with Crippen LogP contribution in [0.15, 0.2) is 11.1 Å². The van der Waals surface area contributed by atoms with E-state index in [4.69, 9.17) is 0 Å². The van der Waals surface area contributed by atoms with Crippen molar-refractivity contribution < 1.29 is 19.8 Å². The van der Waals surface area contributed by atoms with Crippen molar-refractivity contribution in [3.8, 4) is 0 Å². The molecule has 2 N–H and O–H groups in total. The van der Waals surface area contributed by atoms with Crippen molar-refractivity contribution in [3.63, 3.8) is 0 Å². The van der Waals surface area contributed by atoms with Crippen molar-refractivity contribution in [3.05, 3.63) is 11.1 Å². The summed E-state index contributed by atoms with van der Waals surface area (Å²) in [6.45, 7) is 8.42. The van der Waals surface area contributed by atoms with E-state index in [9.17, 15) is 19.8 Å². The second kappa shape index (κ2) is 7.80. The van der Waals surface area contributed by atoms with Gasteiger partial charge in [-0.05, 0) is 48.5 Å². The predicted octanol–water partition coefficient (Wildman–Crippen LogP) is 4.49. The number of carboxylic acid groups (broad SMARTS) is 2. The van der Waals surface area contributed by atoms with Crippen LogP contribution >= 0.6 is 0 Å². The van der Waals surface area contributed by atoms with Crippen LogP contribution in [0.25, 0.3) is 0 Å². The summed E-state index contributed by atoms with van der Waals surface area (Å²) in [5.74, 6) is -1.94. The van der Waals surface area contributed by atoms with E-state index >= 15 is 0 Å². The minimum Gasteiger partial charge on any atom is -0.477 e. The average Bonchev–Trinajstić information content (AvgIpc) is 2.42. The lowest BCUT2D eigenvalue weighted by Crippen LogP contribution is -2.42. The van der Waals surface area contributed by atoms with Crippen molar-refractivity contribution in [1.29, 1.82) is 0 Å². The average molecular weight is 310 g/mol. The minimum atomic E-state index is -1.29. The lowest BCUT2D eigenvalue weighted by Gasteiger charge is -2.50. The van der Waals surface area contributed by atoms with E-state index in [0.29, 0.717) is 23.8 Å². The molecule has 0 aromatic carbocycles. The van der Waals surface area contributed by atoms with E-state index in [2.05, 4.69) is 20.8 Å². The molecular formula is C18H30O4. The molecule has 1 rings (SSSR count). The quantitative estimate of drug-likeness (QED) is 0.412. The third-order valence-corrected chi connectivity index (χ3v) is 5.49. The first-order valence-corrected chi connectivity index (χ1v) is 8.53. The Morgan fingerprint density at radius 3 is 1.86 bits per heavy atom. The van der Waals surface area contributed by atoms with Gasteiger partial charge in [-0.2, -0.15) is 0 Å². The van der Waals surface area contributed by atoms with E-state index in [1.165, 1.54) is 0 Å². The Morgan fingerprint density at radius 1 is 1.00 bits per heavy atom. The molecule has 2 atom stereocenters. The first-order valence-electron chi connectivity index (χ1n) is 8.53. The molecule has 0 aromatic heterocycles. The van der Waals surface area contributed by atoms with Crippen LogP contribution in [0.3, 0.4) is 0 Å². The predicted molar refractivity (Wildman–Crippen MR) is 86.7 cm³/mol. The van der Waals surface area contributed by atoms with Gasteiger partial charge in [-0.25, -0.2) is 9.59 Å². The van der Waals surface area contributed by atoms with Crippen molar-refractivity contribution in [1.82, 2.24) is 0 Å². The highest BCUT2D eigenvalue weighted by atomic mass is 16.4. The fourth-order valence-electron chi connectivity index (χ4n) is 4.57. The van der Waals surface area contributed by atoms with Crippen LogP contribution in [-0.2, 0) is 9.59 Å². The number of rotatable bonds is 7. The summed E-state index contributed by atoms with van der Waals surface area (Å²) >= 11 is 0. The molecule has 1 aliphatic carbocycles. The molecule has 0 bridgehead atoms. The zero-order chi connectivity index (χ0) is 16.9. The van der Waals surface area contributed by atoms with Crippen LogP contribution in [0.5, 0.6) is 0 Å². The summed E-state index contributed by atoms with van der Waals surface area (Å²) in [5, 5.41) is 19.0. The molecule has 0 saturated heterocycles. The normalized spacial score (nSPS) is 28.2. The summed E-state index contributed by atoms with van der Waals surface area (Å²) in [6, 6.07) is 0. The van der Waals surface area contributed by atoms with Gasteiger partial charge in [0, 0.05) is 0 Å². The second-order valence-corrected chi connectivity index (χ2v) is 6.74. The monoisotopic (exact) mass is 310 g/mol. The van der Waals surface area contributed by atoms with Gasteiger partial charge in [-0.3, -0.25) is 0 Å². The van der Waals surface area contributed by atoms with Crippen LogP contribution in [-0.4, -0.2) is 22.2 Å². The molecule has 1 saturated carbocycles. The lowest BCUT2D eigenvalue weighted by atomic mass is 9.54. The number of carbonyl (C=O) groups is 2. The van der Waals surface area contributed by atoms with Crippen molar-refractivity contribution in [2.45, 2.75) is 72.6 Å². The molecule has 0 radical (unpaired) electrons. The van der Waals surface area contributed by atoms with Gasteiger partial charge in [-0.15, -0.1) is 0 Å². The molecule has 0 aromatic rings. The van der Waals surface area contributed by atoms with Gasteiger partial charge in [0.25, 0.3) is 0 Å². The Morgan fingerprint density at radius 2 is 1.50 bits per heavy atom. The van der Waals surface area contributed by atoms with E-state index in [1.807, 2.05) is 6.92 Å². The molecular weight excluding hydrogens is 280 g/mol. The Bertz CT molecular complexity index is 424. The summed E-state index contributed by atoms with van der Waals surface area (Å²) in [4.78, 5) is 23.2. The molecule has 126 valence electrons. The summed E-state index contributed by atoms with van der Waals surface area (Å²) in [6.07, 6.45) is 6.37. The smallest absolute Gasteiger partial charge is 0.343 e. The van der Waals surface area contributed by atoms with Crippen LogP contribution in [0.1, 0.15) is 72.6 Å². The van der Waals surface area contributed by atoms with Gasteiger partial charge in [0.2, 0.25) is 0 Å². The Kier molecular flexibility index (Phi) is 6.64. The first-order chi connectivity index (χ1) is 10.3. The summed E-state index contributed by atoms with van der Waals surface area (Å²) < 4.78 is 0. The van der Waals surface area contributed by atoms with E-state index < -0.39 is 11.9 Å².